The molecule has 4 heteroatoms. The third-order valence-electron chi connectivity index (χ3n) is 5.93. The van der Waals surface area contributed by atoms with Crippen molar-refractivity contribution in [1.82, 2.24) is 14.8 Å². The van der Waals surface area contributed by atoms with Gasteiger partial charge in [-0.1, -0.05) is 65.8 Å². The van der Waals surface area contributed by atoms with Gasteiger partial charge < -0.3 is 9.80 Å². The smallest absolute Gasteiger partial charge is 0.0946 e. The van der Waals surface area contributed by atoms with Crippen LogP contribution in [0.2, 0.25) is 0 Å². The number of benzene rings is 1. The second-order valence-electron chi connectivity index (χ2n) is 8.83. The van der Waals surface area contributed by atoms with Gasteiger partial charge in [0.25, 0.3) is 0 Å². The van der Waals surface area contributed by atoms with Crippen molar-refractivity contribution in [2.24, 2.45) is 0 Å². The van der Waals surface area contributed by atoms with Gasteiger partial charge in [-0.3, -0.25) is 9.88 Å². The molecule has 2 heterocycles. The molecule has 162 valence electrons. The first-order valence-electron chi connectivity index (χ1n) is 11.4. The number of aromatic nitrogens is 1. The van der Waals surface area contributed by atoms with Crippen LogP contribution in [-0.4, -0.2) is 34.5 Å². The second kappa shape index (κ2) is 10.1. The van der Waals surface area contributed by atoms with Crippen molar-refractivity contribution in [2.75, 3.05) is 24.7 Å². The van der Waals surface area contributed by atoms with Gasteiger partial charge in [-0.25, -0.2) is 0 Å². The summed E-state index contributed by atoms with van der Waals surface area (Å²) in [4.78, 5) is 12.1. The highest BCUT2D eigenvalue weighted by molar-refractivity contribution is 5.64. The quantitative estimate of drug-likeness (QED) is 0.515. The molecule has 4 nitrogen and oxygen atoms in total. The van der Waals surface area contributed by atoms with Gasteiger partial charge in [0.1, 0.15) is 0 Å². The Hall–Kier alpha value is -2.33. The fourth-order valence-corrected chi connectivity index (χ4v) is 4.15. The van der Waals surface area contributed by atoms with E-state index in [1.54, 1.807) is 0 Å². The van der Waals surface area contributed by atoms with Gasteiger partial charge >= 0.3 is 0 Å². The summed E-state index contributed by atoms with van der Waals surface area (Å²) in [5, 5.41) is 0. The number of hydrogen-bond acceptors (Lipinski definition) is 4. The van der Waals surface area contributed by atoms with Crippen molar-refractivity contribution >= 4 is 5.69 Å². The molecule has 0 N–H and O–H groups in total. The summed E-state index contributed by atoms with van der Waals surface area (Å²) < 4.78 is 0. The molecule has 0 spiro atoms. The van der Waals surface area contributed by atoms with Crippen LogP contribution in [0.15, 0.2) is 48.8 Å². The van der Waals surface area contributed by atoms with Gasteiger partial charge in [0, 0.05) is 24.6 Å². The van der Waals surface area contributed by atoms with Crippen LogP contribution in [0.4, 0.5) is 5.69 Å². The number of anilines is 1. The molecule has 1 aliphatic rings. The van der Waals surface area contributed by atoms with E-state index in [1.807, 2.05) is 0 Å². The van der Waals surface area contributed by atoms with Crippen LogP contribution in [0, 0.1) is 0 Å². The van der Waals surface area contributed by atoms with E-state index in [-0.39, 0.29) is 0 Å². The summed E-state index contributed by atoms with van der Waals surface area (Å²) in [7, 11) is 0. The minimum absolute atomic E-state index is 0.500. The molecule has 0 unspecified atom stereocenters. The fraction of sp³-hybridized carbons (Fsp3) is 0.500. The van der Waals surface area contributed by atoms with Gasteiger partial charge in [-0.05, 0) is 48.2 Å². The van der Waals surface area contributed by atoms with Crippen molar-refractivity contribution in [3.8, 4) is 0 Å². The first kappa shape index (κ1) is 22.4. The Morgan fingerprint density at radius 3 is 2.07 bits per heavy atom. The summed E-state index contributed by atoms with van der Waals surface area (Å²) in [6, 6.07) is 13.2. The second-order valence-corrected chi connectivity index (χ2v) is 8.83. The van der Waals surface area contributed by atoms with Crippen LogP contribution in [-0.2, 0) is 13.1 Å². The third-order valence-corrected chi connectivity index (χ3v) is 5.93. The van der Waals surface area contributed by atoms with Gasteiger partial charge in [0.15, 0.2) is 0 Å². The van der Waals surface area contributed by atoms with E-state index in [0.717, 1.165) is 44.2 Å². The fourth-order valence-electron chi connectivity index (χ4n) is 4.15. The normalized spacial score (nSPS) is 14.0. The average molecular weight is 407 g/mol. The lowest BCUT2D eigenvalue weighted by Crippen LogP contribution is -2.27. The molecule has 0 fully saturated rings. The number of para-hydroxylation sites is 1. The van der Waals surface area contributed by atoms with Crippen molar-refractivity contribution in [3.63, 3.8) is 0 Å². The minimum Gasteiger partial charge on any atom is -0.352 e. The van der Waals surface area contributed by atoms with E-state index >= 15 is 0 Å². The van der Waals surface area contributed by atoms with Crippen LogP contribution in [0.25, 0.3) is 0 Å². The van der Waals surface area contributed by atoms with E-state index in [0.29, 0.717) is 11.8 Å². The number of pyridine rings is 1. The van der Waals surface area contributed by atoms with Crippen LogP contribution in [0.5, 0.6) is 0 Å². The van der Waals surface area contributed by atoms with Gasteiger partial charge in [-0.15, -0.1) is 0 Å². The Balaban J connectivity index is 1.74. The van der Waals surface area contributed by atoms with Crippen molar-refractivity contribution in [1.29, 1.82) is 0 Å². The van der Waals surface area contributed by atoms with Gasteiger partial charge in [0.05, 0.1) is 24.6 Å². The summed E-state index contributed by atoms with van der Waals surface area (Å²) in [5.41, 5.74) is 6.51. The molecular formula is C26H38N4. The standard InChI is InChI=1S/C26H38N4/c1-7-28(8-2)17-22-11-9-12-23(27-22)18-29-15-16-30(19-29)26-24(20(3)4)13-10-14-25(26)21(5)6/h9-16,20-21H,7-8,17-19H2,1-6H3. The number of hydrogen-bond donors (Lipinski definition) is 0. The van der Waals surface area contributed by atoms with Crippen molar-refractivity contribution < 1.29 is 0 Å². The van der Waals surface area contributed by atoms with Crippen LogP contribution >= 0.6 is 0 Å². The Morgan fingerprint density at radius 1 is 0.867 bits per heavy atom. The molecular weight excluding hydrogens is 368 g/mol. The maximum absolute atomic E-state index is 4.93. The predicted molar refractivity (Wildman–Crippen MR) is 128 cm³/mol. The summed E-state index contributed by atoms with van der Waals surface area (Å²) in [5.74, 6) is 0.999. The van der Waals surface area contributed by atoms with Crippen LogP contribution in [0.3, 0.4) is 0 Å². The average Bonchev–Trinajstić information content (AvgIpc) is 3.19. The monoisotopic (exact) mass is 406 g/mol. The lowest BCUT2D eigenvalue weighted by atomic mass is 9.92. The van der Waals surface area contributed by atoms with Crippen LogP contribution in [0.1, 0.15) is 75.9 Å². The summed E-state index contributed by atoms with van der Waals surface area (Å²) in [6.45, 7) is 18.3. The highest BCUT2D eigenvalue weighted by atomic mass is 15.3. The molecule has 2 aromatic rings. The zero-order valence-electron chi connectivity index (χ0n) is 19.6. The summed E-state index contributed by atoms with van der Waals surface area (Å²) >= 11 is 0. The molecule has 0 saturated heterocycles. The Bertz CT molecular complexity index is 826. The molecule has 1 aliphatic heterocycles. The first-order chi connectivity index (χ1) is 14.4. The zero-order chi connectivity index (χ0) is 21.7. The summed E-state index contributed by atoms with van der Waals surface area (Å²) in [6.07, 6.45) is 4.44. The first-order valence-corrected chi connectivity index (χ1v) is 11.4. The molecule has 0 radical (unpaired) electrons. The molecule has 1 aromatic carbocycles. The van der Waals surface area contributed by atoms with Gasteiger partial charge in [-0.2, -0.15) is 0 Å². The van der Waals surface area contributed by atoms with Crippen molar-refractivity contribution in [3.05, 3.63) is 71.3 Å². The topological polar surface area (TPSA) is 22.6 Å². The molecule has 1 aromatic heterocycles. The van der Waals surface area contributed by atoms with E-state index in [4.69, 9.17) is 4.98 Å². The van der Waals surface area contributed by atoms with Gasteiger partial charge in [0.2, 0.25) is 0 Å². The van der Waals surface area contributed by atoms with E-state index < -0.39 is 0 Å². The molecule has 30 heavy (non-hydrogen) atoms. The highest BCUT2D eigenvalue weighted by Crippen LogP contribution is 2.36. The maximum Gasteiger partial charge on any atom is 0.0946 e. The Morgan fingerprint density at radius 2 is 1.47 bits per heavy atom. The van der Waals surface area contributed by atoms with E-state index in [9.17, 15) is 0 Å². The maximum atomic E-state index is 4.93. The number of nitrogens with zero attached hydrogens (tertiary/aromatic N) is 4. The predicted octanol–water partition coefficient (Wildman–Crippen LogP) is 5.92. The van der Waals surface area contributed by atoms with E-state index in [1.165, 1.54) is 16.8 Å². The highest BCUT2D eigenvalue weighted by Gasteiger charge is 2.22. The zero-order valence-corrected chi connectivity index (χ0v) is 19.6. The molecule has 0 amide bonds. The Labute approximate surface area is 183 Å². The van der Waals surface area contributed by atoms with E-state index in [2.05, 4.69) is 105 Å². The third kappa shape index (κ3) is 5.23. The lowest BCUT2D eigenvalue weighted by Gasteiger charge is -2.28. The largest absolute Gasteiger partial charge is 0.352 e. The molecule has 3 rings (SSSR count). The lowest BCUT2D eigenvalue weighted by molar-refractivity contribution is 0.291. The minimum atomic E-state index is 0.500. The molecule has 0 aliphatic carbocycles. The molecule has 0 saturated carbocycles. The Kier molecular flexibility index (Phi) is 7.54. The van der Waals surface area contributed by atoms with Crippen LogP contribution < -0.4 is 4.90 Å². The SMILES string of the molecule is CCN(CC)Cc1cccc(CN2C=CN(c3c(C(C)C)cccc3C(C)C)C2)n1. The molecule has 0 bridgehead atoms. The van der Waals surface area contributed by atoms with Crippen molar-refractivity contribution in [2.45, 2.75) is 66.5 Å². The number of rotatable bonds is 9. The molecule has 0 atom stereocenters.